The van der Waals surface area contributed by atoms with Crippen molar-refractivity contribution in [3.63, 3.8) is 0 Å². The topological polar surface area (TPSA) is 235 Å². The van der Waals surface area contributed by atoms with Crippen LogP contribution in [0.2, 0.25) is 0 Å². The maximum absolute atomic E-state index is 13.2. The van der Waals surface area contributed by atoms with E-state index in [0.717, 1.165) is 12.8 Å². The summed E-state index contributed by atoms with van der Waals surface area (Å²) in [5, 5.41) is 30.9. The first-order chi connectivity index (χ1) is 24.6. The Balaban J connectivity index is 4.61. The van der Waals surface area contributed by atoms with Gasteiger partial charge >= 0.3 is 11.9 Å². The zero-order chi connectivity index (χ0) is 40.9. The van der Waals surface area contributed by atoms with E-state index in [1.54, 1.807) is 14.0 Å². The van der Waals surface area contributed by atoms with Gasteiger partial charge in [0.05, 0.1) is 43.4 Å². The Hall–Kier alpha value is -2.98. The van der Waals surface area contributed by atoms with Gasteiger partial charge in [-0.25, -0.2) is 4.79 Å². The predicted molar refractivity (Wildman–Crippen MR) is 203 cm³/mol. The third-order valence-corrected chi connectivity index (χ3v) is 10.2. The molecule has 0 aromatic rings. The number of Topliss-reactive ketones (excluding diaryl/α,β-unsaturated/α-hetero) is 2. The largest absolute Gasteiger partial charge is 0.481 e. The fraction of sp³-hybridized carbons (Fsp3) is 0.842. The monoisotopic (exact) mass is 758 g/mol. The molecular weight excluding hydrogens is 686 g/mol. The minimum absolute atomic E-state index is 0.0160. The predicted octanol–water partition coefficient (Wildman–Crippen LogP) is 2.97. The van der Waals surface area contributed by atoms with E-state index in [1.165, 1.54) is 0 Å². The quantitative estimate of drug-likeness (QED) is 0.0478. The molecule has 2 amide bonds. The minimum Gasteiger partial charge on any atom is -0.481 e. The van der Waals surface area contributed by atoms with Gasteiger partial charge in [-0.15, -0.1) is 0 Å². The van der Waals surface area contributed by atoms with Crippen LogP contribution in [0.5, 0.6) is 0 Å². The number of ketones is 2. The number of primary amides is 1. The minimum atomic E-state index is -1.22. The zero-order valence-electron chi connectivity index (χ0n) is 33.9. The Morgan fingerprint density at radius 3 is 1.77 bits per heavy atom. The van der Waals surface area contributed by atoms with Crippen LogP contribution in [-0.4, -0.2) is 115 Å². The van der Waals surface area contributed by atoms with Crippen LogP contribution >= 0.6 is 0 Å². The number of nitrogens with one attached hydrogen (secondary N) is 4. The molecular formula is C38H71N5O10. The van der Waals surface area contributed by atoms with Gasteiger partial charge in [0.1, 0.15) is 12.6 Å². The van der Waals surface area contributed by atoms with Gasteiger partial charge in [-0.1, -0.05) is 48.0 Å². The first kappa shape index (κ1) is 50.0. The van der Waals surface area contributed by atoms with Gasteiger partial charge in [-0.2, -0.15) is 0 Å². The molecule has 0 spiro atoms. The van der Waals surface area contributed by atoms with Crippen molar-refractivity contribution in [2.45, 2.75) is 149 Å². The molecule has 0 aromatic carbocycles. The number of carboxylic acids is 2. The van der Waals surface area contributed by atoms with Gasteiger partial charge in [-0.05, 0) is 83.2 Å². The molecule has 0 rings (SSSR count). The summed E-state index contributed by atoms with van der Waals surface area (Å²) in [4.78, 5) is 73.3. The number of nitrogens with two attached hydrogens (primary N) is 1. The number of carboxylic acid groups (broad SMARTS) is 2. The number of unbranched alkanes of at least 4 members (excludes halogenated alkanes) is 1. The van der Waals surface area contributed by atoms with Gasteiger partial charge in [0, 0.05) is 19.4 Å². The molecule has 0 aliphatic rings. The van der Waals surface area contributed by atoms with E-state index in [1.807, 2.05) is 48.5 Å². The molecule has 0 heterocycles. The molecule has 2 unspecified atom stereocenters. The van der Waals surface area contributed by atoms with Gasteiger partial charge in [0.25, 0.3) is 0 Å². The maximum atomic E-state index is 13.2. The van der Waals surface area contributed by atoms with Crippen molar-refractivity contribution in [3.05, 3.63) is 0 Å². The maximum Gasteiger partial charge on any atom is 0.326 e. The molecule has 0 saturated carbocycles. The van der Waals surface area contributed by atoms with E-state index in [0.29, 0.717) is 45.2 Å². The number of ether oxygens (including phenoxy) is 2. The van der Waals surface area contributed by atoms with E-state index >= 15 is 0 Å². The molecule has 0 fully saturated rings. The summed E-state index contributed by atoms with van der Waals surface area (Å²) in [5.41, 5.74) is 2.79. The van der Waals surface area contributed by atoms with Crippen molar-refractivity contribution >= 4 is 35.3 Å². The molecule has 0 saturated heterocycles. The van der Waals surface area contributed by atoms with Crippen LogP contribution in [0.15, 0.2) is 0 Å². The Morgan fingerprint density at radius 1 is 0.698 bits per heavy atom. The first-order valence-electron chi connectivity index (χ1n) is 19.0. The highest BCUT2D eigenvalue weighted by atomic mass is 16.5. The van der Waals surface area contributed by atoms with Crippen LogP contribution < -0.4 is 27.0 Å². The summed E-state index contributed by atoms with van der Waals surface area (Å²) in [6.45, 7) is 16.6. The van der Waals surface area contributed by atoms with Crippen molar-refractivity contribution < 1.29 is 48.5 Å². The lowest BCUT2D eigenvalue weighted by molar-refractivity contribution is -0.142. The molecule has 0 radical (unpaired) electrons. The fourth-order valence-corrected chi connectivity index (χ4v) is 5.80. The van der Waals surface area contributed by atoms with Crippen molar-refractivity contribution in [1.82, 2.24) is 21.3 Å². The molecule has 0 aliphatic heterocycles. The van der Waals surface area contributed by atoms with Crippen molar-refractivity contribution in [1.29, 1.82) is 0 Å². The van der Waals surface area contributed by atoms with E-state index < -0.39 is 45.8 Å². The molecule has 0 aromatic heterocycles. The number of aliphatic carboxylic acids is 2. The number of rotatable bonds is 33. The smallest absolute Gasteiger partial charge is 0.326 e. The zero-order valence-corrected chi connectivity index (χ0v) is 33.9. The van der Waals surface area contributed by atoms with Crippen LogP contribution in [0.4, 0.5) is 0 Å². The Labute approximate surface area is 317 Å². The summed E-state index contributed by atoms with van der Waals surface area (Å²) >= 11 is 0. The highest BCUT2D eigenvalue weighted by molar-refractivity contribution is 5.90. The van der Waals surface area contributed by atoms with Crippen LogP contribution in [-0.2, 0) is 38.2 Å². The summed E-state index contributed by atoms with van der Waals surface area (Å²) in [5.74, 6) is -3.15. The Morgan fingerprint density at radius 2 is 1.25 bits per heavy atom. The number of carbonyl (C=O) groups is 6. The molecule has 53 heavy (non-hydrogen) atoms. The Kier molecular flexibility index (Phi) is 23.1. The Bertz CT molecular complexity index is 1180. The SMILES string of the molecule is CCC(C)(NCCOCCOCC(=O)C(C)(CC)NCCCC[C@H](NC)C(N)=O)C(=O)CC[C@H](NC(=O)CC(C)(C)CCC(C)(C)CC(=O)O)C(=O)O. The summed E-state index contributed by atoms with van der Waals surface area (Å²) in [6, 6.07) is -1.58. The second-order valence-electron chi connectivity index (χ2n) is 16.0. The van der Waals surface area contributed by atoms with E-state index in [9.17, 15) is 33.9 Å². The van der Waals surface area contributed by atoms with E-state index in [-0.39, 0.29) is 75.6 Å². The van der Waals surface area contributed by atoms with E-state index in [4.69, 9.17) is 20.3 Å². The standard InChI is InChI=1S/C38H71N5O10/c1-10-37(7,29(44)16-15-28(34(50)51)43-31(46)24-35(3,4)17-18-36(5,6)25-32(47)48)42-20-21-52-22-23-53-26-30(45)38(8,11-2)41-19-13-12-14-27(40-9)33(39)49/h27-28,40-42H,10-26H2,1-9H3,(H2,39,49)(H,43,46)(H,47,48)(H,50,51)/t27-,28-,37?,38?/m0/s1. The molecule has 15 heteroatoms. The van der Waals surface area contributed by atoms with Crippen molar-refractivity contribution in [2.75, 3.05) is 46.6 Å². The van der Waals surface area contributed by atoms with Gasteiger partial charge in [0.15, 0.2) is 11.6 Å². The normalized spacial score (nSPS) is 15.5. The third-order valence-electron chi connectivity index (χ3n) is 10.2. The number of carbonyl (C=O) groups excluding carboxylic acids is 4. The van der Waals surface area contributed by atoms with Crippen LogP contribution in [0.1, 0.15) is 126 Å². The van der Waals surface area contributed by atoms with Gasteiger partial charge in [-0.3, -0.25) is 24.0 Å². The third kappa shape index (κ3) is 20.9. The highest BCUT2D eigenvalue weighted by Gasteiger charge is 2.33. The van der Waals surface area contributed by atoms with Gasteiger partial charge < -0.3 is 46.7 Å². The fourth-order valence-electron chi connectivity index (χ4n) is 5.80. The van der Waals surface area contributed by atoms with Crippen LogP contribution in [0.3, 0.4) is 0 Å². The molecule has 4 atom stereocenters. The van der Waals surface area contributed by atoms with E-state index in [2.05, 4.69) is 21.3 Å². The second-order valence-corrected chi connectivity index (χ2v) is 16.0. The number of amides is 2. The molecule has 15 nitrogen and oxygen atoms in total. The van der Waals surface area contributed by atoms with Crippen molar-refractivity contribution in [3.8, 4) is 0 Å². The number of likely N-dealkylation sites (N-methyl/N-ethyl adjacent to an activating group) is 1. The van der Waals surface area contributed by atoms with Crippen LogP contribution in [0, 0.1) is 10.8 Å². The molecule has 8 N–H and O–H groups in total. The molecule has 0 bridgehead atoms. The summed E-state index contributed by atoms with van der Waals surface area (Å²) in [6.07, 6.45) is 4.41. The van der Waals surface area contributed by atoms with Gasteiger partial charge in [0.2, 0.25) is 11.8 Å². The molecule has 308 valence electrons. The highest BCUT2D eigenvalue weighted by Crippen LogP contribution is 2.35. The second kappa shape index (κ2) is 24.4. The lowest BCUT2D eigenvalue weighted by atomic mass is 9.76. The number of hydrogen-bond acceptors (Lipinski definition) is 11. The number of hydrogen-bond donors (Lipinski definition) is 7. The van der Waals surface area contributed by atoms with Crippen molar-refractivity contribution in [2.24, 2.45) is 16.6 Å². The van der Waals surface area contributed by atoms with Crippen LogP contribution in [0.25, 0.3) is 0 Å². The average molecular weight is 758 g/mol. The first-order valence-corrected chi connectivity index (χ1v) is 19.0. The summed E-state index contributed by atoms with van der Waals surface area (Å²) < 4.78 is 11.2. The molecule has 0 aliphatic carbocycles. The lowest BCUT2D eigenvalue weighted by Crippen LogP contribution is -2.51. The lowest BCUT2D eigenvalue weighted by Gasteiger charge is -2.30. The summed E-state index contributed by atoms with van der Waals surface area (Å²) in [7, 11) is 1.70. The average Bonchev–Trinajstić information content (AvgIpc) is 3.06.